The van der Waals surface area contributed by atoms with Crippen molar-refractivity contribution in [2.24, 2.45) is 0 Å². The van der Waals surface area contributed by atoms with Gasteiger partial charge in [-0.05, 0) is 25.5 Å². The second-order valence-corrected chi connectivity index (χ2v) is 5.14. The van der Waals surface area contributed by atoms with Crippen LogP contribution in [0.4, 0.5) is 0 Å². The molecule has 88 valence electrons. The summed E-state index contributed by atoms with van der Waals surface area (Å²) in [4.78, 5) is 11.8. The lowest BCUT2D eigenvalue weighted by atomic mass is 9.92. The summed E-state index contributed by atoms with van der Waals surface area (Å²) in [6.45, 7) is 2.01. The second kappa shape index (κ2) is 6.38. The Morgan fingerprint density at radius 1 is 1.53 bits per heavy atom. The van der Waals surface area contributed by atoms with Crippen LogP contribution in [0.1, 0.15) is 39.0 Å². The standard InChI is InChI=1S/C11H21NO2S/c1-3-10(15-2)11(14)12-8-6-4-5-7-9(8)13/h8-10,13H,3-7H2,1-2H3,(H,12,14)/t8-,9+,10+/m1/s1. The van der Waals surface area contributed by atoms with Gasteiger partial charge >= 0.3 is 0 Å². The number of carbonyl (C=O) groups is 1. The summed E-state index contributed by atoms with van der Waals surface area (Å²) in [5.41, 5.74) is 0. The van der Waals surface area contributed by atoms with E-state index in [9.17, 15) is 9.90 Å². The highest BCUT2D eigenvalue weighted by molar-refractivity contribution is 7.99. The van der Waals surface area contributed by atoms with Gasteiger partial charge in [0.1, 0.15) is 0 Å². The first-order chi connectivity index (χ1) is 7.19. The molecular weight excluding hydrogens is 210 g/mol. The smallest absolute Gasteiger partial charge is 0.233 e. The molecule has 0 unspecified atom stereocenters. The van der Waals surface area contributed by atoms with Crippen molar-refractivity contribution < 1.29 is 9.90 Å². The maximum atomic E-state index is 11.8. The molecule has 2 N–H and O–H groups in total. The van der Waals surface area contributed by atoms with E-state index >= 15 is 0 Å². The number of thioether (sulfide) groups is 1. The van der Waals surface area contributed by atoms with E-state index in [0.717, 1.165) is 32.1 Å². The number of hydrogen-bond donors (Lipinski definition) is 2. The van der Waals surface area contributed by atoms with Crippen LogP contribution >= 0.6 is 11.8 Å². The molecule has 0 spiro atoms. The average molecular weight is 231 g/mol. The fraction of sp³-hybridized carbons (Fsp3) is 0.909. The molecule has 15 heavy (non-hydrogen) atoms. The van der Waals surface area contributed by atoms with Gasteiger partial charge in [0.25, 0.3) is 0 Å². The number of aliphatic hydroxyl groups excluding tert-OH is 1. The van der Waals surface area contributed by atoms with Crippen LogP contribution in [0.15, 0.2) is 0 Å². The SMILES string of the molecule is CC[C@H](SC)C(=O)N[C@@H]1CCCC[C@@H]1O. The number of aliphatic hydroxyl groups is 1. The number of rotatable bonds is 4. The summed E-state index contributed by atoms with van der Waals surface area (Å²) < 4.78 is 0. The van der Waals surface area contributed by atoms with Crippen LogP contribution in [0.25, 0.3) is 0 Å². The van der Waals surface area contributed by atoms with Crippen LogP contribution in [0, 0.1) is 0 Å². The summed E-state index contributed by atoms with van der Waals surface area (Å²) in [6, 6.07) is -0.0209. The molecule has 3 nitrogen and oxygen atoms in total. The summed E-state index contributed by atoms with van der Waals surface area (Å²) >= 11 is 1.57. The van der Waals surface area contributed by atoms with E-state index in [1.54, 1.807) is 11.8 Å². The van der Waals surface area contributed by atoms with Gasteiger partial charge in [0.15, 0.2) is 0 Å². The van der Waals surface area contributed by atoms with E-state index in [4.69, 9.17) is 0 Å². The third-order valence-corrected chi connectivity index (χ3v) is 4.12. The number of hydrogen-bond acceptors (Lipinski definition) is 3. The van der Waals surface area contributed by atoms with Gasteiger partial charge < -0.3 is 10.4 Å². The van der Waals surface area contributed by atoms with E-state index in [2.05, 4.69) is 5.32 Å². The van der Waals surface area contributed by atoms with Crippen molar-refractivity contribution in [2.75, 3.05) is 6.26 Å². The van der Waals surface area contributed by atoms with Crippen LogP contribution in [0.2, 0.25) is 0 Å². The van der Waals surface area contributed by atoms with Gasteiger partial charge in [0.05, 0.1) is 17.4 Å². The van der Waals surface area contributed by atoms with Crippen molar-refractivity contribution in [2.45, 2.75) is 56.4 Å². The molecule has 0 aliphatic heterocycles. The van der Waals surface area contributed by atoms with Crippen molar-refractivity contribution in [1.82, 2.24) is 5.32 Å². The molecule has 1 amide bonds. The number of nitrogens with one attached hydrogen (secondary N) is 1. The minimum atomic E-state index is -0.345. The van der Waals surface area contributed by atoms with Crippen LogP contribution in [0.3, 0.4) is 0 Å². The highest BCUT2D eigenvalue weighted by Gasteiger charge is 2.26. The van der Waals surface area contributed by atoms with Gasteiger partial charge in [0.2, 0.25) is 5.91 Å². The Bertz CT molecular complexity index is 207. The topological polar surface area (TPSA) is 49.3 Å². The molecule has 4 heteroatoms. The van der Waals surface area contributed by atoms with Gasteiger partial charge in [-0.2, -0.15) is 11.8 Å². The van der Waals surface area contributed by atoms with E-state index in [1.807, 2.05) is 13.2 Å². The summed E-state index contributed by atoms with van der Waals surface area (Å²) in [5, 5.41) is 12.7. The Labute approximate surface area is 96.0 Å². The van der Waals surface area contributed by atoms with Crippen LogP contribution in [0.5, 0.6) is 0 Å². The monoisotopic (exact) mass is 231 g/mol. The Kier molecular flexibility index (Phi) is 5.47. The molecular formula is C11H21NO2S. The third-order valence-electron chi connectivity index (χ3n) is 3.00. The van der Waals surface area contributed by atoms with Gasteiger partial charge in [-0.3, -0.25) is 4.79 Å². The first-order valence-corrected chi connectivity index (χ1v) is 6.99. The largest absolute Gasteiger partial charge is 0.391 e. The zero-order valence-corrected chi connectivity index (χ0v) is 10.3. The molecule has 0 aromatic rings. The number of amides is 1. The quantitative estimate of drug-likeness (QED) is 0.772. The molecule has 0 bridgehead atoms. The van der Waals surface area contributed by atoms with Crippen molar-refractivity contribution >= 4 is 17.7 Å². The molecule has 0 aromatic carbocycles. The maximum absolute atomic E-state index is 11.8. The Hall–Kier alpha value is -0.220. The first-order valence-electron chi connectivity index (χ1n) is 5.70. The zero-order valence-electron chi connectivity index (χ0n) is 9.53. The van der Waals surface area contributed by atoms with Crippen molar-refractivity contribution in [3.8, 4) is 0 Å². The Balaban J connectivity index is 2.41. The summed E-state index contributed by atoms with van der Waals surface area (Å²) in [5.74, 6) is 0.0796. The summed E-state index contributed by atoms with van der Waals surface area (Å²) in [6.07, 6.45) is 6.37. The minimum Gasteiger partial charge on any atom is -0.391 e. The molecule has 0 heterocycles. The molecule has 3 atom stereocenters. The molecule has 1 aliphatic carbocycles. The molecule has 1 saturated carbocycles. The zero-order chi connectivity index (χ0) is 11.3. The Morgan fingerprint density at radius 2 is 2.20 bits per heavy atom. The van der Waals surface area contributed by atoms with E-state index in [-0.39, 0.29) is 23.3 Å². The van der Waals surface area contributed by atoms with Crippen LogP contribution < -0.4 is 5.32 Å². The van der Waals surface area contributed by atoms with Crippen LogP contribution in [-0.4, -0.2) is 34.7 Å². The molecule has 1 aliphatic rings. The van der Waals surface area contributed by atoms with Gasteiger partial charge in [-0.1, -0.05) is 19.8 Å². The van der Waals surface area contributed by atoms with Crippen molar-refractivity contribution in [1.29, 1.82) is 0 Å². The number of carbonyl (C=O) groups excluding carboxylic acids is 1. The van der Waals surface area contributed by atoms with E-state index in [1.165, 1.54) is 0 Å². The van der Waals surface area contributed by atoms with Gasteiger partial charge in [-0.25, -0.2) is 0 Å². The lowest BCUT2D eigenvalue weighted by Crippen LogP contribution is -2.47. The Morgan fingerprint density at radius 3 is 2.73 bits per heavy atom. The van der Waals surface area contributed by atoms with Crippen molar-refractivity contribution in [3.63, 3.8) is 0 Å². The normalized spacial score (nSPS) is 28.5. The fourth-order valence-corrected chi connectivity index (χ4v) is 2.63. The molecule has 1 rings (SSSR count). The average Bonchev–Trinajstić information content (AvgIpc) is 2.23. The van der Waals surface area contributed by atoms with Gasteiger partial charge in [0, 0.05) is 0 Å². The predicted octanol–water partition coefficient (Wildman–Crippen LogP) is 1.55. The lowest BCUT2D eigenvalue weighted by molar-refractivity contribution is -0.122. The molecule has 0 aromatic heterocycles. The van der Waals surface area contributed by atoms with Crippen LogP contribution in [-0.2, 0) is 4.79 Å². The van der Waals surface area contributed by atoms with Crippen molar-refractivity contribution in [3.05, 3.63) is 0 Å². The third kappa shape index (κ3) is 3.68. The summed E-state index contributed by atoms with van der Waals surface area (Å²) in [7, 11) is 0. The van der Waals surface area contributed by atoms with E-state index in [0.29, 0.717) is 0 Å². The molecule has 0 radical (unpaired) electrons. The second-order valence-electron chi connectivity index (χ2n) is 4.10. The fourth-order valence-electron chi connectivity index (χ4n) is 2.01. The highest BCUT2D eigenvalue weighted by atomic mass is 32.2. The molecule has 1 fully saturated rings. The van der Waals surface area contributed by atoms with Gasteiger partial charge in [-0.15, -0.1) is 0 Å². The minimum absolute atomic E-state index is 0.0209. The molecule has 0 saturated heterocycles. The lowest BCUT2D eigenvalue weighted by Gasteiger charge is -2.29. The highest BCUT2D eigenvalue weighted by Crippen LogP contribution is 2.19. The van der Waals surface area contributed by atoms with E-state index < -0.39 is 0 Å². The predicted molar refractivity (Wildman–Crippen MR) is 64.0 cm³/mol. The maximum Gasteiger partial charge on any atom is 0.233 e. The first kappa shape index (κ1) is 12.8.